The molecule has 0 radical (unpaired) electrons. The molecule has 0 aromatic heterocycles. The van der Waals surface area contributed by atoms with Crippen molar-refractivity contribution in [1.82, 2.24) is 0 Å². The quantitative estimate of drug-likeness (QED) is 0.881. The van der Waals surface area contributed by atoms with Crippen molar-refractivity contribution in [2.75, 3.05) is 14.2 Å². The monoisotopic (exact) mass is 264 g/mol. The first-order valence-electron chi connectivity index (χ1n) is 7.14. The molecule has 1 saturated carbocycles. The number of hydrogen-bond donors (Lipinski definition) is 1. The number of rotatable bonds is 5. The Balaban J connectivity index is 2.06. The molecule has 1 aliphatic rings. The Labute approximate surface area is 115 Å². The van der Waals surface area contributed by atoms with E-state index in [2.05, 4.69) is 0 Å². The highest BCUT2D eigenvalue weighted by atomic mass is 16.5. The highest BCUT2D eigenvalue weighted by Gasteiger charge is 2.19. The molecule has 2 rings (SSSR count). The van der Waals surface area contributed by atoms with Crippen molar-refractivity contribution in [1.29, 1.82) is 0 Å². The lowest BCUT2D eigenvalue weighted by Crippen LogP contribution is -2.11. The number of hydrogen-bond acceptors (Lipinski definition) is 3. The van der Waals surface area contributed by atoms with Gasteiger partial charge in [-0.2, -0.15) is 0 Å². The average Bonchev–Trinajstić information content (AvgIpc) is 2.47. The number of ether oxygens (including phenoxy) is 2. The Morgan fingerprint density at radius 2 is 1.63 bits per heavy atom. The molecule has 0 saturated heterocycles. The highest BCUT2D eigenvalue weighted by molar-refractivity contribution is 5.39. The van der Waals surface area contributed by atoms with Gasteiger partial charge in [-0.1, -0.05) is 32.1 Å². The van der Waals surface area contributed by atoms with E-state index in [4.69, 9.17) is 9.47 Å². The Hall–Kier alpha value is -1.22. The van der Waals surface area contributed by atoms with Crippen LogP contribution in [0.1, 0.15) is 50.2 Å². The second kappa shape index (κ2) is 6.80. The lowest BCUT2D eigenvalue weighted by molar-refractivity contribution is 0.131. The van der Waals surface area contributed by atoms with Crippen LogP contribution >= 0.6 is 0 Å². The third-order valence-electron chi connectivity index (χ3n) is 4.04. The van der Waals surface area contributed by atoms with Crippen LogP contribution < -0.4 is 9.47 Å². The van der Waals surface area contributed by atoms with Crippen molar-refractivity contribution in [3.63, 3.8) is 0 Å². The molecule has 0 heterocycles. The maximum atomic E-state index is 10.4. The van der Waals surface area contributed by atoms with E-state index in [1.807, 2.05) is 18.2 Å². The molecule has 106 valence electrons. The minimum atomic E-state index is -0.424. The Morgan fingerprint density at radius 3 is 2.16 bits per heavy atom. The molecule has 3 heteroatoms. The Kier molecular flexibility index (Phi) is 5.08. The summed E-state index contributed by atoms with van der Waals surface area (Å²) in [4.78, 5) is 0. The van der Waals surface area contributed by atoms with Gasteiger partial charge in [0, 0.05) is 6.07 Å². The minimum Gasteiger partial charge on any atom is -0.497 e. The first-order valence-corrected chi connectivity index (χ1v) is 7.14. The highest BCUT2D eigenvalue weighted by Crippen LogP contribution is 2.34. The molecule has 0 aliphatic heterocycles. The van der Waals surface area contributed by atoms with Gasteiger partial charge >= 0.3 is 0 Å². The van der Waals surface area contributed by atoms with Crippen LogP contribution in [0.5, 0.6) is 11.5 Å². The van der Waals surface area contributed by atoms with E-state index in [0.717, 1.165) is 23.5 Å². The Morgan fingerprint density at radius 1 is 1.05 bits per heavy atom. The van der Waals surface area contributed by atoms with E-state index in [1.165, 1.54) is 32.1 Å². The van der Waals surface area contributed by atoms with E-state index in [0.29, 0.717) is 5.92 Å². The van der Waals surface area contributed by atoms with Crippen molar-refractivity contribution in [2.45, 2.75) is 44.6 Å². The van der Waals surface area contributed by atoms with Crippen molar-refractivity contribution in [2.24, 2.45) is 5.92 Å². The standard InChI is InChI=1S/C16H24O3/c1-18-14-9-13(10-15(11-14)19-2)16(17)8-12-6-4-3-5-7-12/h9-12,16-17H,3-8H2,1-2H3. The molecule has 1 atom stereocenters. The predicted octanol–water partition coefficient (Wildman–Crippen LogP) is 3.71. The summed E-state index contributed by atoms with van der Waals surface area (Å²) in [5.74, 6) is 2.12. The second-order valence-corrected chi connectivity index (χ2v) is 5.40. The molecule has 1 aliphatic carbocycles. The maximum absolute atomic E-state index is 10.4. The van der Waals surface area contributed by atoms with Crippen molar-refractivity contribution < 1.29 is 14.6 Å². The molecule has 1 N–H and O–H groups in total. The summed E-state index contributed by atoms with van der Waals surface area (Å²) in [6.07, 6.45) is 6.87. The van der Waals surface area contributed by atoms with Crippen LogP contribution in [0.4, 0.5) is 0 Å². The molecular formula is C16H24O3. The number of benzene rings is 1. The van der Waals surface area contributed by atoms with Crippen LogP contribution in [0, 0.1) is 5.92 Å². The van der Waals surface area contributed by atoms with Gasteiger partial charge in [-0.15, -0.1) is 0 Å². The molecule has 1 aromatic rings. The molecule has 0 spiro atoms. The first-order chi connectivity index (χ1) is 9.22. The summed E-state index contributed by atoms with van der Waals surface area (Å²) in [6, 6.07) is 5.63. The van der Waals surface area contributed by atoms with Gasteiger partial charge in [0.1, 0.15) is 11.5 Å². The van der Waals surface area contributed by atoms with Gasteiger partial charge in [0.15, 0.2) is 0 Å². The number of aliphatic hydroxyl groups is 1. The second-order valence-electron chi connectivity index (χ2n) is 5.40. The topological polar surface area (TPSA) is 38.7 Å². The zero-order valence-electron chi connectivity index (χ0n) is 11.9. The predicted molar refractivity (Wildman–Crippen MR) is 75.7 cm³/mol. The van der Waals surface area contributed by atoms with Gasteiger partial charge in [0.05, 0.1) is 20.3 Å². The molecule has 1 aromatic carbocycles. The summed E-state index contributed by atoms with van der Waals surface area (Å²) >= 11 is 0. The third kappa shape index (κ3) is 3.87. The summed E-state index contributed by atoms with van der Waals surface area (Å²) in [5.41, 5.74) is 0.891. The van der Waals surface area contributed by atoms with Crippen molar-refractivity contribution in [3.8, 4) is 11.5 Å². The van der Waals surface area contributed by atoms with E-state index in [9.17, 15) is 5.11 Å². The van der Waals surface area contributed by atoms with E-state index in [-0.39, 0.29) is 0 Å². The zero-order chi connectivity index (χ0) is 13.7. The van der Waals surface area contributed by atoms with Crippen LogP contribution in [0.2, 0.25) is 0 Å². The van der Waals surface area contributed by atoms with Crippen LogP contribution in [-0.2, 0) is 0 Å². The van der Waals surface area contributed by atoms with Gasteiger partial charge < -0.3 is 14.6 Å². The minimum absolute atomic E-state index is 0.424. The molecular weight excluding hydrogens is 240 g/mol. The normalized spacial score (nSPS) is 18.1. The third-order valence-corrected chi connectivity index (χ3v) is 4.04. The lowest BCUT2D eigenvalue weighted by Gasteiger charge is -2.24. The van der Waals surface area contributed by atoms with Gasteiger partial charge in [0.2, 0.25) is 0 Å². The van der Waals surface area contributed by atoms with Crippen LogP contribution in [-0.4, -0.2) is 19.3 Å². The van der Waals surface area contributed by atoms with Crippen molar-refractivity contribution in [3.05, 3.63) is 23.8 Å². The largest absolute Gasteiger partial charge is 0.497 e. The van der Waals surface area contributed by atoms with E-state index >= 15 is 0 Å². The van der Waals surface area contributed by atoms with Gasteiger partial charge in [-0.05, 0) is 30.0 Å². The molecule has 1 unspecified atom stereocenters. The zero-order valence-corrected chi connectivity index (χ0v) is 11.9. The number of methoxy groups -OCH3 is 2. The number of aliphatic hydroxyl groups excluding tert-OH is 1. The molecule has 19 heavy (non-hydrogen) atoms. The van der Waals surface area contributed by atoms with Crippen molar-refractivity contribution >= 4 is 0 Å². The molecule has 0 amide bonds. The van der Waals surface area contributed by atoms with Gasteiger partial charge in [0.25, 0.3) is 0 Å². The lowest BCUT2D eigenvalue weighted by atomic mass is 9.84. The SMILES string of the molecule is COc1cc(OC)cc(C(O)CC2CCCCC2)c1. The molecule has 0 bridgehead atoms. The van der Waals surface area contributed by atoms with Crippen LogP contribution in [0.15, 0.2) is 18.2 Å². The van der Waals surface area contributed by atoms with E-state index < -0.39 is 6.10 Å². The fourth-order valence-corrected chi connectivity index (χ4v) is 2.90. The summed E-state index contributed by atoms with van der Waals surface area (Å²) < 4.78 is 10.5. The summed E-state index contributed by atoms with van der Waals surface area (Å²) in [6.45, 7) is 0. The Bertz CT molecular complexity index is 375. The van der Waals surface area contributed by atoms with Crippen LogP contribution in [0.3, 0.4) is 0 Å². The molecule has 1 fully saturated rings. The van der Waals surface area contributed by atoms with Gasteiger partial charge in [-0.25, -0.2) is 0 Å². The summed E-state index contributed by atoms with van der Waals surface area (Å²) in [5, 5.41) is 10.4. The fourth-order valence-electron chi connectivity index (χ4n) is 2.90. The maximum Gasteiger partial charge on any atom is 0.122 e. The van der Waals surface area contributed by atoms with E-state index in [1.54, 1.807) is 14.2 Å². The van der Waals surface area contributed by atoms with Gasteiger partial charge in [-0.3, -0.25) is 0 Å². The van der Waals surface area contributed by atoms with Crippen LogP contribution in [0.25, 0.3) is 0 Å². The first kappa shape index (κ1) is 14.2. The smallest absolute Gasteiger partial charge is 0.122 e. The molecule has 3 nitrogen and oxygen atoms in total. The average molecular weight is 264 g/mol. The fraction of sp³-hybridized carbons (Fsp3) is 0.625. The summed E-state index contributed by atoms with van der Waals surface area (Å²) in [7, 11) is 3.26.